The van der Waals surface area contributed by atoms with Crippen LogP contribution in [0.1, 0.15) is 5.76 Å². The van der Waals surface area contributed by atoms with Gasteiger partial charge in [-0.25, -0.2) is 17.4 Å². The Morgan fingerprint density at radius 3 is 2.67 bits per heavy atom. The van der Waals surface area contributed by atoms with Crippen LogP contribution in [-0.2, 0) is 10.0 Å². The van der Waals surface area contributed by atoms with Crippen LogP contribution in [0, 0.1) is 6.92 Å². The van der Waals surface area contributed by atoms with Crippen molar-refractivity contribution in [2.24, 2.45) is 0 Å². The van der Waals surface area contributed by atoms with Crippen molar-refractivity contribution in [1.29, 1.82) is 0 Å². The highest BCUT2D eigenvalue weighted by atomic mass is 32.2. The third kappa shape index (κ3) is 1.80. The lowest BCUT2D eigenvalue weighted by Crippen LogP contribution is -2.10. The maximum atomic E-state index is 11.4. The van der Waals surface area contributed by atoms with Crippen molar-refractivity contribution in [3.63, 3.8) is 0 Å². The van der Waals surface area contributed by atoms with Crippen molar-refractivity contribution in [1.82, 2.24) is 8.96 Å². The number of imidazole rings is 1. The van der Waals surface area contributed by atoms with Crippen LogP contribution in [0.2, 0.25) is 0 Å². The average Bonchev–Trinajstić information content (AvgIpc) is 2.68. The zero-order valence-electron chi connectivity index (χ0n) is 8.34. The SMILES string of the molecule is Cc1ccc(-c2nccn2S(C)(=O)=O)o1. The molecule has 0 unspecified atom stereocenters. The summed E-state index contributed by atoms with van der Waals surface area (Å²) in [5.41, 5.74) is 0. The van der Waals surface area contributed by atoms with Gasteiger partial charge in [-0.2, -0.15) is 0 Å². The van der Waals surface area contributed by atoms with Gasteiger partial charge in [-0.1, -0.05) is 0 Å². The molecular weight excluding hydrogens is 216 g/mol. The van der Waals surface area contributed by atoms with Crippen molar-refractivity contribution < 1.29 is 12.8 Å². The third-order valence-corrected chi connectivity index (χ3v) is 2.93. The van der Waals surface area contributed by atoms with Gasteiger partial charge in [0.2, 0.25) is 10.0 Å². The Morgan fingerprint density at radius 1 is 1.40 bits per heavy atom. The standard InChI is InChI=1S/C9H10N2O3S/c1-7-3-4-8(14-7)9-10-5-6-11(9)15(2,12)13/h3-6H,1-2H3. The molecule has 15 heavy (non-hydrogen) atoms. The number of rotatable bonds is 2. The van der Waals surface area contributed by atoms with Crippen LogP contribution in [0.3, 0.4) is 0 Å². The molecule has 0 N–H and O–H groups in total. The van der Waals surface area contributed by atoms with Crippen LogP contribution >= 0.6 is 0 Å². The number of furan rings is 1. The minimum absolute atomic E-state index is 0.297. The van der Waals surface area contributed by atoms with Gasteiger partial charge in [0, 0.05) is 12.4 Å². The first-order chi connectivity index (χ1) is 6.98. The summed E-state index contributed by atoms with van der Waals surface area (Å²) in [6.07, 6.45) is 3.94. The molecule has 0 aromatic carbocycles. The van der Waals surface area contributed by atoms with E-state index in [0.29, 0.717) is 17.3 Å². The average molecular weight is 226 g/mol. The molecule has 0 saturated carbocycles. The maximum Gasteiger partial charge on any atom is 0.237 e. The van der Waals surface area contributed by atoms with Crippen molar-refractivity contribution in [2.45, 2.75) is 6.92 Å². The Labute approximate surface area is 87.4 Å². The fourth-order valence-electron chi connectivity index (χ4n) is 1.29. The fraction of sp³-hybridized carbons (Fsp3) is 0.222. The summed E-state index contributed by atoms with van der Waals surface area (Å²) in [5.74, 6) is 1.46. The minimum atomic E-state index is -3.33. The summed E-state index contributed by atoms with van der Waals surface area (Å²) in [6, 6.07) is 3.45. The van der Waals surface area contributed by atoms with Crippen LogP contribution in [0.15, 0.2) is 28.9 Å². The zero-order chi connectivity index (χ0) is 11.1. The van der Waals surface area contributed by atoms with Crippen molar-refractivity contribution in [3.05, 3.63) is 30.3 Å². The van der Waals surface area contributed by atoms with E-state index in [0.717, 1.165) is 10.2 Å². The molecule has 2 heterocycles. The second-order valence-corrected chi connectivity index (χ2v) is 5.08. The second-order valence-electron chi connectivity index (χ2n) is 3.22. The van der Waals surface area contributed by atoms with Gasteiger partial charge in [0.1, 0.15) is 5.76 Å². The number of aromatic nitrogens is 2. The van der Waals surface area contributed by atoms with Gasteiger partial charge >= 0.3 is 0 Å². The molecule has 0 fully saturated rings. The van der Waals surface area contributed by atoms with E-state index >= 15 is 0 Å². The first-order valence-electron chi connectivity index (χ1n) is 4.29. The van der Waals surface area contributed by atoms with Gasteiger partial charge in [0.05, 0.1) is 6.26 Å². The van der Waals surface area contributed by atoms with Crippen molar-refractivity contribution in [2.75, 3.05) is 6.26 Å². The Hall–Kier alpha value is -1.56. The summed E-state index contributed by atoms with van der Waals surface area (Å²) in [7, 11) is -3.33. The highest BCUT2D eigenvalue weighted by molar-refractivity contribution is 7.89. The lowest BCUT2D eigenvalue weighted by atomic mass is 10.4. The Kier molecular flexibility index (Phi) is 2.15. The highest BCUT2D eigenvalue weighted by Crippen LogP contribution is 2.20. The molecular formula is C9H10N2O3S. The third-order valence-electron chi connectivity index (χ3n) is 1.93. The molecule has 0 bridgehead atoms. The van der Waals surface area contributed by atoms with Crippen molar-refractivity contribution >= 4 is 10.0 Å². The molecule has 2 rings (SSSR count). The van der Waals surface area contributed by atoms with E-state index in [1.54, 1.807) is 19.1 Å². The van der Waals surface area contributed by atoms with Crippen LogP contribution < -0.4 is 0 Å². The van der Waals surface area contributed by atoms with E-state index in [-0.39, 0.29) is 0 Å². The van der Waals surface area contributed by atoms with Gasteiger partial charge in [0.25, 0.3) is 0 Å². The first-order valence-corrected chi connectivity index (χ1v) is 6.14. The lowest BCUT2D eigenvalue weighted by molar-refractivity contribution is 0.542. The Balaban J connectivity index is 2.60. The smallest absolute Gasteiger partial charge is 0.237 e. The zero-order valence-corrected chi connectivity index (χ0v) is 9.15. The molecule has 2 aromatic rings. The molecule has 0 aliphatic carbocycles. The van der Waals surface area contributed by atoms with Crippen molar-refractivity contribution in [3.8, 4) is 11.6 Å². The summed E-state index contributed by atoms with van der Waals surface area (Å²) >= 11 is 0. The number of aryl methyl sites for hydroxylation is 1. The van der Waals surface area contributed by atoms with Gasteiger partial charge in [-0.15, -0.1) is 0 Å². The quantitative estimate of drug-likeness (QED) is 0.773. The molecule has 0 aliphatic heterocycles. The molecule has 80 valence electrons. The molecule has 0 atom stereocenters. The van der Waals surface area contributed by atoms with Crippen LogP contribution in [-0.4, -0.2) is 23.6 Å². The molecule has 0 aliphatic rings. The number of hydrogen-bond donors (Lipinski definition) is 0. The van der Waals surface area contributed by atoms with E-state index in [1.165, 1.54) is 12.4 Å². The van der Waals surface area contributed by atoms with E-state index in [2.05, 4.69) is 4.98 Å². The predicted molar refractivity (Wildman–Crippen MR) is 54.9 cm³/mol. The summed E-state index contributed by atoms with van der Waals surface area (Å²) in [6.45, 7) is 1.79. The minimum Gasteiger partial charge on any atom is -0.458 e. The molecule has 2 aromatic heterocycles. The van der Waals surface area contributed by atoms with Gasteiger partial charge in [0.15, 0.2) is 11.6 Å². The van der Waals surface area contributed by atoms with E-state index in [4.69, 9.17) is 4.42 Å². The van der Waals surface area contributed by atoms with Crippen LogP contribution in [0.25, 0.3) is 11.6 Å². The highest BCUT2D eigenvalue weighted by Gasteiger charge is 2.15. The number of nitrogens with zero attached hydrogens (tertiary/aromatic N) is 2. The summed E-state index contributed by atoms with van der Waals surface area (Å²) < 4.78 is 29.2. The molecule has 0 saturated heterocycles. The largest absolute Gasteiger partial charge is 0.458 e. The van der Waals surface area contributed by atoms with Gasteiger partial charge in [-0.05, 0) is 19.1 Å². The summed E-state index contributed by atoms with van der Waals surface area (Å²) in [4.78, 5) is 3.96. The van der Waals surface area contributed by atoms with Crippen LogP contribution in [0.5, 0.6) is 0 Å². The molecule has 0 amide bonds. The number of hydrogen-bond acceptors (Lipinski definition) is 4. The second kappa shape index (κ2) is 3.23. The topological polar surface area (TPSA) is 65.1 Å². The summed E-state index contributed by atoms with van der Waals surface area (Å²) in [5, 5.41) is 0. The Morgan fingerprint density at radius 2 is 2.13 bits per heavy atom. The molecule has 0 radical (unpaired) electrons. The lowest BCUT2D eigenvalue weighted by Gasteiger charge is -2.01. The normalized spacial score (nSPS) is 11.9. The van der Waals surface area contributed by atoms with E-state index in [1.807, 2.05) is 0 Å². The first kappa shape index (κ1) is 9.97. The molecule has 6 heteroatoms. The van der Waals surface area contributed by atoms with Crippen LogP contribution in [0.4, 0.5) is 0 Å². The fourth-order valence-corrected chi connectivity index (χ4v) is 2.01. The van der Waals surface area contributed by atoms with E-state index < -0.39 is 10.0 Å². The monoisotopic (exact) mass is 226 g/mol. The van der Waals surface area contributed by atoms with Gasteiger partial charge < -0.3 is 4.42 Å². The molecule has 0 spiro atoms. The predicted octanol–water partition coefficient (Wildman–Crippen LogP) is 1.26. The van der Waals surface area contributed by atoms with Gasteiger partial charge in [-0.3, -0.25) is 0 Å². The van der Waals surface area contributed by atoms with E-state index in [9.17, 15) is 8.42 Å². The maximum absolute atomic E-state index is 11.4. The molecule has 5 nitrogen and oxygen atoms in total. The Bertz CT molecular complexity index is 580.